The van der Waals surface area contributed by atoms with E-state index >= 15 is 0 Å². The number of piperidine rings is 1. The van der Waals surface area contributed by atoms with Gasteiger partial charge in [0.2, 0.25) is 5.78 Å². The van der Waals surface area contributed by atoms with Crippen LogP contribution in [0.15, 0.2) is 48.7 Å². The molecular weight excluding hydrogens is 474 g/mol. The maximum absolute atomic E-state index is 13.5. The smallest absolute Gasteiger partial charge is 0.214 e. The van der Waals surface area contributed by atoms with Gasteiger partial charge in [-0.2, -0.15) is 5.10 Å². The molecule has 1 saturated carbocycles. The quantitative estimate of drug-likeness (QED) is 0.273. The minimum absolute atomic E-state index is 0.158. The third kappa shape index (κ3) is 4.00. The highest BCUT2D eigenvalue weighted by atomic mass is 16.1. The van der Waals surface area contributed by atoms with Crippen LogP contribution < -0.4 is 5.73 Å². The van der Waals surface area contributed by atoms with E-state index in [1.807, 2.05) is 31.2 Å². The van der Waals surface area contributed by atoms with E-state index in [1.165, 1.54) is 57.2 Å². The summed E-state index contributed by atoms with van der Waals surface area (Å²) in [6, 6.07) is 15.1. The first-order chi connectivity index (χ1) is 18.5. The van der Waals surface area contributed by atoms with Crippen molar-refractivity contribution in [2.75, 3.05) is 18.8 Å². The monoisotopic (exact) mass is 507 g/mol. The third-order valence-electron chi connectivity index (χ3n) is 8.61. The molecule has 0 bridgehead atoms. The van der Waals surface area contributed by atoms with Gasteiger partial charge < -0.3 is 20.6 Å². The Morgan fingerprint density at radius 1 is 0.974 bits per heavy atom. The molecule has 1 saturated heterocycles. The average Bonchev–Trinajstić information content (AvgIpc) is 3.73. The van der Waals surface area contributed by atoms with E-state index in [-0.39, 0.29) is 5.78 Å². The van der Waals surface area contributed by atoms with Gasteiger partial charge in [-0.25, -0.2) is 9.67 Å². The van der Waals surface area contributed by atoms with Crippen LogP contribution in [0.25, 0.3) is 27.6 Å². The third-order valence-corrected chi connectivity index (χ3v) is 8.61. The summed E-state index contributed by atoms with van der Waals surface area (Å²) < 4.78 is 1.60. The molecule has 1 aliphatic heterocycles. The minimum Gasteiger partial charge on any atom is -0.383 e. The number of hydrogen-bond donors (Lipinski definition) is 3. The molecule has 8 heteroatoms. The number of nitrogens with zero attached hydrogens (tertiary/aromatic N) is 4. The van der Waals surface area contributed by atoms with Gasteiger partial charge in [0.15, 0.2) is 0 Å². The van der Waals surface area contributed by atoms with Gasteiger partial charge in [-0.15, -0.1) is 0 Å². The Kier molecular flexibility index (Phi) is 5.58. The van der Waals surface area contributed by atoms with Gasteiger partial charge >= 0.3 is 0 Å². The van der Waals surface area contributed by atoms with E-state index < -0.39 is 0 Å². The number of fused-ring (bicyclic) bond motifs is 2. The summed E-state index contributed by atoms with van der Waals surface area (Å²) in [6.45, 7) is 4.31. The molecule has 3 aromatic heterocycles. The van der Waals surface area contributed by atoms with Crippen molar-refractivity contribution in [2.45, 2.75) is 57.4 Å². The second-order valence-electron chi connectivity index (χ2n) is 11.0. The Morgan fingerprint density at radius 2 is 1.79 bits per heavy atom. The summed E-state index contributed by atoms with van der Waals surface area (Å²) in [5.74, 6) is 1.59. The van der Waals surface area contributed by atoms with Crippen molar-refractivity contribution in [1.29, 1.82) is 0 Å². The summed E-state index contributed by atoms with van der Waals surface area (Å²) in [6.07, 6.45) is 9.50. The zero-order valence-electron chi connectivity index (χ0n) is 21.7. The number of rotatable bonds is 5. The lowest BCUT2D eigenvalue weighted by molar-refractivity contribution is 0.103. The molecule has 8 nitrogen and oxygen atoms in total. The van der Waals surface area contributed by atoms with Crippen molar-refractivity contribution < 1.29 is 4.79 Å². The minimum atomic E-state index is -0.158. The van der Waals surface area contributed by atoms with E-state index in [9.17, 15) is 4.79 Å². The van der Waals surface area contributed by atoms with Crippen LogP contribution in [-0.4, -0.2) is 54.5 Å². The van der Waals surface area contributed by atoms with E-state index in [2.05, 4.69) is 43.1 Å². The van der Waals surface area contributed by atoms with Crippen LogP contribution in [0.5, 0.6) is 0 Å². The molecule has 194 valence electrons. The number of nitrogens with one attached hydrogen (secondary N) is 2. The summed E-state index contributed by atoms with van der Waals surface area (Å²) in [5.41, 5.74) is 12.2. The number of hydrogen-bond acceptors (Lipinski definition) is 5. The van der Waals surface area contributed by atoms with Crippen LogP contribution in [-0.2, 0) is 0 Å². The molecule has 38 heavy (non-hydrogen) atoms. The van der Waals surface area contributed by atoms with Crippen LogP contribution in [0.3, 0.4) is 0 Å². The number of aromatic nitrogens is 5. The van der Waals surface area contributed by atoms with Crippen LogP contribution in [0, 0.1) is 6.92 Å². The number of benzene rings is 2. The molecule has 0 unspecified atom stereocenters. The largest absolute Gasteiger partial charge is 0.383 e. The fourth-order valence-corrected chi connectivity index (χ4v) is 6.54. The molecular formula is C30H33N7O. The highest BCUT2D eigenvalue weighted by molar-refractivity contribution is 6.12. The highest BCUT2D eigenvalue weighted by Crippen LogP contribution is 2.34. The number of imidazole rings is 1. The van der Waals surface area contributed by atoms with Crippen molar-refractivity contribution in [2.24, 2.45) is 0 Å². The zero-order chi connectivity index (χ0) is 25.8. The fraction of sp³-hybridized carbons (Fsp3) is 0.367. The van der Waals surface area contributed by atoms with Crippen LogP contribution in [0.4, 0.5) is 5.82 Å². The van der Waals surface area contributed by atoms with Crippen LogP contribution in [0.2, 0.25) is 0 Å². The standard InChI is InChI=1S/C30H33N7O/c1-18-33-26-9-7-23(16-27(26)34-18)37-30(31)24(17-32-37)29(38)28-15-21-14-20(6-8-25(21)35-28)19-10-12-36(13-11-19)22-4-2-3-5-22/h6-9,14-17,19,22,35H,2-5,10-13,31H2,1H3,(H,33,34). The van der Waals surface area contributed by atoms with Crippen molar-refractivity contribution in [3.05, 3.63) is 71.3 Å². The molecule has 1 aliphatic carbocycles. The van der Waals surface area contributed by atoms with E-state index in [0.29, 0.717) is 23.0 Å². The van der Waals surface area contributed by atoms with E-state index in [0.717, 1.165) is 39.5 Å². The lowest BCUT2D eigenvalue weighted by Crippen LogP contribution is -2.39. The first kappa shape index (κ1) is 23.2. The lowest BCUT2D eigenvalue weighted by Gasteiger charge is -2.36. The molecule has 2 aromatic carbocycles. The normalized spacial score (nSPS) is 17.7. The number of H-pyrrole nitrogens is 2. The number of nitrogen functional groups attached to an aromatic ring is 1. The second kappa shape index (κ2) is 9.13. The number of carbonyl (C=O) groups is 1. The number of carbonyl (C=O) groups excluding carboxylic acids is 1. The lowest BCUT2D eigenvalue weighted by atomic mass is 9.88. The number of aryl methyl sites for hydroxylation is 1. The van der Waals surface area contributed by atoms with Gasteiger partial charge in [0.25, 0.3) is 0 Å². The Bertz CT molecular complexity index is 1640. The molecule has 0 radical (unpaired) electrons. The first-order valence-corrected chi connectivity index (χ1v) is 13.7. The second-order valence-corrected chi connectivity index (χ2v) is 11.0. The van der Waals surface area contributed by atoms with Gasteiger partial charge in [-0.3, -0.25) is 4.79 Å². The number of likely N-dealkylation sites (tertiary alicyclic amines) is 1. The SMILES string of the molecule is Cc1nc2ccc(-n3ncc(C(=O)c4cc5cc(C6CCN(C7CCCC7)CC6)ccc5[nH]4)c3N)cc2[nH]1. The average molecular weight is 508 g/mol. The number of anilines is 1. The Morgan fingerprint density at radius 3 is 2.61 bits per heavy atom. The topological polar surface area (TPSA) is 109 Å². The van der Waals surface area contributed by atoms with E-state index in [4.69, 9.17) is 5.73 Å². The van der Waals surface area contributed by atoms with Crippen LogP contribution >= 0.6 is 0 Å². The van der Waals surface area contributed by atoms with Gasteiger partial charge in [0.1, 0.15) is 11.6 Å². The fourth-order valence-electron chi connectivity index (χ4n) is 6.54. The maximum Gasteiger partial charge on any atom is 0.214 e. The molecule has 0 atom stereocenters. The van der Waals surface area contributed by atoms with Crippen molar-refractivity contribution in [1.82, 2.24) is 29.6 Å². The predicted octanol–water partition coefficient (Wildman–Crippen LogP) is 5.47. The zero-order valence-corrected chi connectivity index (χ0v) is 21.7. The van der Waals surface area contributed by atoms with Crippen molar-refractivity contribution in [3.63, 3.8) is 0 Å². The molecule has 4 N–H and O–H groups in total. The number of nitrogens with two attached hydrogens (primary N) is 1. The molecule has 2 aliphatic rings. The number of aromatic amines is 2. The van der Waals surface area contributed by atoms with Crippen molar-refractivity contribution in [3.8, 4) is 5.69 Å². The summed E-state index contributed by atoms with van der Waals surface area (Å²) >= 11 is 0. The van der Waals surface area contributed by atoms with E-state index in [1.54, 1.807) is 10.9 Å². The maximum atomic E-state index is 13.5. The first-order valence-electron chi connectivity index (χ1n) is 13.7. The number of ketones is 1. The predicted molar refractivity (Wildman–Crippen MR) is 150 cm³/mol. The molecule has 0 amide bonds. The Hall–Kier alpha value is -3.91. The highest BCUT2D eigenvalue weighted by Gasteiger charge is 2.28. The molecule has 5 aromatic rings. The van der Waals surface area contributed by atoms with Crippen molar-refractivity contribution >= 4 is 33.5 Å². The Balaban J connectivity index is 1.11. The summed E-state index contributed by atoms with van der Waals surface area (Å²) in [7, 11) is 0. The van der Waals surface area contributed by atoms with Gasteiger partial charge in [0.05, 0.1) is 34.2 Å². The van der Waals surface area contributed by atoms with Gasteiger partial charge in [0, 0.05) is 16.9 Å². The van der Waals surface area contributed by atoms with Gasteiger partial charge in [-0.05, 0) is 93.6 Å². The van der Waals surface area contributed by atoms with Crippen LogP contribution in [0.1, 0.15) is 71.9 Å². The van der Waals surface area contributed by atoms with Gasteiger partial charge in [-0.1, -0.05) is 18.9 Å². The summed E-state index contributed by atoms with van der Waals surface area (Å²) in [5, 5.41) is 5.49. The molecule has 7 rings (SSSR count). The molecule has 4 heterocycles. The Labute approximate surface area is 221 Å². The molecule has 0 spiro atoms. The summed E-state index contributed by atoms with van der Waals surface area (Å²) in [4.78, 5) is 27.2. The molecule has 2 fully saturated rings.